The molecule has 0 fully saturated rings. The van der Waals surface area contributed by atoms with Crippen molar-refractivity contribution in [2.45, 2.75) is 93.4 Å². The molecular weight excluding hydrogens is 786 g/mol. The van der Waals surface area contributed by atoms with Crippen LogP contribution in [0.2, 0.25) is 10.0 Å². The average molecular weight is 842 g/mol. The third-order valence-electron chi connectivity index (χ3n) is 11.6. The van der Waals surface area contributed by atoms with Crippen molar-refractivity contribution < 1.29 is 18.3 Å². The molecule has 6 rings (SSSR count). The Balaban J connectivity index is 0.00000292. The Kier molecular flexibility index (Phi) is 11.7. The molecule has 272 valence electrons. The number of fused-ring (bicyclic) bond motifs is 3. The predicted molar refractivity (Wildman–Crippen MR) is 229 cm³/mol. The molecule has 0 heterocycles. The van der Waals surface area contributed by atoms with Crippen LogP contribution in [0.1, 0.15) is 98.4 Å². The van der Waals surface area contributed by atoms with Crippen LogP contribution in [0, 0.1) is 17.3 Å². The van der Waals surface area contributed by atoms with E-state index in [1.165, 1.54) is 52.0 Å². The van der Waals surface area contributed by atoms with Gasteiger partial charge in [0.05, 0.1) is 0 Å². The van der Waals surface area contributed by atoms with Crippen molar-refractivity contribution in [1.82, 2.24) is 0 Å². The molecule has 2 aliphatic carbocycles. The zero-order valence-corrected chi connectivity index (χ0v) is 37.9. The van der Waals surface area contributed by atoms with Crippen LogP contribution in [0.5, 0.6) is 0 Å². The minimum atomic E-state index is -5.17. The van der Waals surface area contributed by atoms with Gasteiger partial charge in [0, 0.05) is 0 Å². The van der Waals surface area contributed by atoms with Gasteiger partial charge < -0.3 is 0 Å². The Morgan fingerprint density at radius 3 is 1.59 bits per heavy atom. The molecule has 2 aliphatic rings. The fraction of sp³-hybridized carbons (Fsp3) is 0.370. The Morgan fingerprint density at radius 1 is 0.647 bits per heavy atom. The van der Waals surface area contributed by atoms with Crippen molar-refractivity contribution in [3.63, 3.8) is 0 Å². The first kappa shape index (κ1) is 42.0. The summed E-state index contributed by atoms with van der Waals surface area (Å²) in [7, 11) is 0. The number of allylic oxidation sites excluding steroid dienone is 4. The quantitative estimate of drug-likeness (QED) is 0.165. The molecule has 0 aromatic heterocycles. The van der Waals surface area contributed by atoms with Gasteiger partial charge in [0.1, 0.15) is 0 Å². The normalized spacial score (nSPS) is 16.2. The molecule has 0 saturated carbocycles. The summed E-state index contributed by atoms with van der Waals surface area (Å²) in [4.78, 5) is 0. The monoisotopic (exact) mass is 838 g/mol. The van der Waals surface area contributed by atoms with Gasteiger partial charge in [-0.1, -0.05) is 0 Å². The van der Waals surface area contributed by atoms with Crippen LogP contribution in [-0.4, -0.2) is 4.21 Å². The second-order valence-electron chi connectivity index (χ2n) is 18.3. The molecule has 0 radical (unpaired) electrons. The molecule has 4 aromatic carbocycles. The van der Waals surface area contributed by atoms with E-state index in [2.05, 4.69) is 167 Å². The molecule has 0 spiro atoms. The Bertz CT molecular complexity index is 2020. The third-order valence-corrected chi connectivity index (χ3v) is 28.3. The number of halogens is 4. The summed E-state index contributed by atoms with van der Waals surface area (Å²) in [6.07, 6.45) is 6.05. The fourth-order valence-corrected chi connectivity index (χ4v) is 25.2. The molecular formula is C46H56Cl4Zr. The first-order valence-electron chi connectivity index (χ1n) is 18.0. The van der Waals surface area contributed by atoms with E-state index in [9.17, 15) is 0 Å². The molecule has 4 aromatic rings. The van der Waals surface area contributed by atoms with Crippen molar-refractivity contribution in [3.8, 4) is 11.1 Å². The molecule has 1 unspecified atom stereocenters. The summed E-state index contributed by atoms with van der Waals surface area (Å²) in [6.45, 7) is 25.8. The van der Waals surface area contributed by atoms with Crippen LogP contribution in [-0.2, 0) is 35.5 Å². The van der Waals surface area contributed by atoms with Gasteiger partial charge in [0.2, 0.25) is 0 Å². The van der Waals surface area contributed by atoms with E-state index in [4.69, 9.17) is 27.4 Å². The zero-order valence-electron chi connectivity index (χ0n) is 32.3. The van der Waals surface area contributed by atoms with Crippen LogP contribution < -0.4 is 9.81 Å². The van der Waals surface area contributed by atoms with Gasteiger partial charge in [0.25, 0.3) is 0 Å². The van der Waals surface area contributed by atoms with E-state index < -0.39 is 18.3 Å². The second kappa shape index (κ2) is 14.2. The molecule has 1 atom stereocenters. The van der Waals surface area contributed by atoms with Crippen molar-refractivity contribution in [2.75, 3.05) is 0 Å². The van der Waals surface area contributed by atoms with Crippen molar-refractivity contribution in [3.05, 3.63) is 132 Å². The van der Waals surface area contributed by atoms with E-state index in [0.717, 1.165) is 16.5 Å². The fourth-order valence-electron chi connectivity index (χ4n) is 8.41. The summed E-state index contributed by atoms with van der Waals surface area (Å²) in [6, 6.07) is 29.9. The summed E-state index contributed by atoms with van der Waals surface area (Å²) in [5.74, 6) is 0.639. The Labute approximate surface area is 331 Å². The zero-order chi connectivity index (χ0) is 35.9. The molecule has 5 heteroatoms. The molecule has 51 heavy (non-hydrogen) atoms. The van der Waals surface area contributed by atoms with Gasteiger partial charge in [-0.05, 0) is 0 Å². The van der Waals surface area contributed by atoms with Crippen LogP contribution >= 0.6 is 48.0 Å². The number of hydrogen-bond acceptors (Lipinski definition) is 0. The topological polar surface area (TPSA) is 0 Å². The van der Waals surface area contributed by atoms with Crippen LogP contribution in [0.4, 0.5) is 0 Å². The van der Waals surface area contributed by atoms with Crippen LogP contribution in [0.25, 0.3) is 11.1 Å². The molecule has 0 nitrogen and oxygen atoms in total. The van der Waals surface area contributed by atoms with Gasteiger partial charge >= 0.3 is 309 Å². The van der Waals surface area contributed by atoms with Gasteiger partial charge in [-0.2, -0.15) is 0 Å². The summed E-state index contributed by atoms with van der Waals surface area (Å²) < 4.78 is 11.4. The first-order chi connectivity index (χ1) is 22.6. The summed E-state index contributed by atoms with van der Waals surface area (Å²) in [5, 5.41) is 1.49. The molecule has 0 aliphatic heterocycles. The maximum atomic E-state index is 6.69. The molecule has 0 bridgehead atoms. The Hall–Kier alpha value is -1.73. The minimum absolute atomic E-state index is 0. The van der Waals surface area contributed by atoms with Crippen LogP contribution in [0.15, 0.2) is 99.9 Å². The van der Waals surface area contributed by atoms with Crippen LogP contribution in [0.3, 0.4) is 0 Å². The Morgan fingerprint density at radius 2 is 1.14 bits per heavy atom. The maximum absolute atomic E-state index is 6.69. The second-order valence-corrected chi connectivity index (χ2v) is 31.9. The first-order valence-corrected chi connectivity index (χ1v) is 25.4. The molecule has 0 saturated heterocycles. The van der Waals surface area contributed by atoms with Gasteiger partial charge in [-0.15, -0.1) is 24.8 Å². The SMILES string of the molecule is Cl.Cl.[CH2]=[Zr]([C]1=CC(C(C)(C)C)=CC1C(C)C)([c]1ccc(Cl)cc1)([c]1ccc(Cl)cc1)[c]1cc(C(C)(C)C)cc2c1Cc1ccc(C(C)(C)C)cc1-2. The molecule has 0 N–H and O–H groups in total. The average Bonchev–Trinajstić information content (AvgIpc) is 3.63. The van der Waals surface area contributed by atoms with Gasteiger partial charge in [-0.25, -0.2) is 0 Å². The van der Waals surface area contributed by atoms with E-state index in [0.29, 0.717) is 5.92 Å². The molecule has 0 amide bonds. The third kappa shape index (κ3) is 7.03. The predicted octanol–water partition coefficient (Wildman–Crippen LogP) is 12.5. The van der Waals surface area contributed by atoms with Gasteiger partial charge in [0.15, 0.2) is 0 Å². The van der Waals surface area contributed by atoms with Crippen molar-refractivity contribution >= 4 is 62.0 Å². The van der Waals surface area contributed by atoms with E-state index in [1.807, 2.05) is 0 Å². The van der Waals surface area contributed by atoms with E-state index in [-0.39, 0.29) is 47.0 Å². The summed E-state index contributed by atoms with van der Waals surface area (Å²) in [5.41, 5.74) is 9.69. The summed E-state index contributed by atoms with van der Waals surface area (Å²) >= 11 is 8.22. The van der Waals surface area contributed by atoms with Crippen molar-refractivity contribution in [2.24, 2.45) is 17.3 Å². The number of benzene rings is 4. The standard InChI is InChI=1S/C21H25.C12H19.2C6H4Cl.CH2.2ClH.Zr/c1-20(2,3)16-9-7-14-11-15-8-10-17(21(4,5)6)13-19(15)18(14)12-16;1-9(2)10-6-7-11(8-10)12(3,4)5;2*7-6-4-2-1-3-5-6;;;;/h7,9-10,12-13H,11H2,1-6H3;7-10H,1-5H3;2*2-5H;1H2;2*1H;. The van der Waals surface area contributed by atoms with Crippen molar-refractivity contribution in [1.29, 1.82) is 0 Å². The van der Waals surface area contributed by atoms with E-state index in [1.54, 1.807) is 0 Å². The van der Waals surface area contributed by atoms with Gasteiger partial charge in [-0.3, -0.25) is 0 Å². The number of rotatable bonds is 5. The number of hydrogen-bond donors (Lipinski definition) is 0. The van der Waals surface area contributed by atoms with E-state index >= 15 is 0 Å².